The highest BCUT2D eigenvalue weighted by molar-refractivity contribution is 6.34. The molecule has 84 valence electrons. The summed E-state index contributed by atoms with van der Waals surface area (Å²) >= 11 is 5.93. The Kier molecular flexibility index (Phi) is 2.19. The molecule has 0 aromatic carbocycles. The molecule has 0 aliphatic heterocycles. The lowest BCUT2D eigenvalue weighted by Gasteiger charge is -1.94. The minimum absolute atomic E-state index is 0.274. The number of nitrogens with two attached hydrogens (primary N) is 1. The molecule has 3 aromatic heterocycles. The molecule has 6 heteroatoms. The smallest absolute Gasteiger partial charge is 0.197 e. The monoisotopic (exact) mass is 246 g/mol. The molecule has 0 radical (unpaired) electrons. The van der Waals surface area contributed by atoms with E-state index >= 15 is 0 Å². The highest BCUT2D eigenvalue weighted by Gasteiger charge is 2.17. The van der Waals surface area contributed by atoms with Crippen LogP contribution >= 0.6 is 11.6 Å². The fourth-order valence-electron chi connectivity index (χ4n) is 1.59. The summed E-state index contributed by atoms with van der Waals surface area (Å²) in [6, 6.07) is 3.46. The lowest BCUT2D eigenvalue weighted by molar-refractivity contribution is 0.625. The van der Waals surface area contributed by atoms with Crippen LogP contribution in [-0.4, -0.2) is 15.0 Å². The third kappa shape index (κ3) is 1.52. The first-order valence-electron chi connectivity index (χ1n) is 4.87. The van der Waals surface area contributed by atoms with Crippen LogP contribution in [0.5, 0.6) is 0 Å². The molecule has 3 aromatic rings. The first kappa shape index (κ1) is 10.0. The molecule has 3 heterocycles. The van der Waals surface area contributed by atoms with Crippen LogP contribution in [0, 0.1) is 0 Å². The molecular formula is C11H7ClN4O. The lowest BCUT2D eigenvalue weighted by Crippen LogP contribution is -1.90. The maximum absolute atomic E-state index is 5.98. The van der Waals surface area contributed by atoms with Crippen molar-refractivity contribution in [2.24, 2.45) is 0 Å². The molecule has 0 unspecified atom stereocenters. The van der Waals surface area contributed by atoms with Gasteiger partial charge in [-0.05, 0) is 12.1 Å². The molecule has 5 nitrogen and oxygen atoms in total. The quantitative estimate of drug-likeness (QED) is 0.668. The van der Waals surface area contributed by atoms with Crippen molar-refractivity contribution in [3.8, 4) is 11.6 Å². The molecule has 3 rings (SSSR count). The van der Waals surface area contributed by atoms with Gasteiger partial charge in [0.2, 0.25) is 0 Å². The molecule has 0 atom stereocenters. The van der Waals surface area contributed by atoms with Crippen molar-refractivity contribution in [1.82, 2.24) is 15.0 Å². The van der Waals surface area contributed by atoms with Crippen LogP contribution in [0.25, 0.3) is 22.6 Å². The summed E-state index contributed by atoms with van der Waals surface area (Å²) in [6.07, 6.45) is 4.82. The number of rotatable bonds is 1. The minimum Gasteiger partial charge on any atom is -0.447 e. The normalized spacial score (nSPS) is 10.9. The third-order valence-electron chi connectivity index (χ3n) is 2.37. The van der Waals surface area contributed by atoms with Gasteiger partial charge in [0.05, 0.1) is 5.69 Å². The van der Waals surface area contributed by atoms with E-state index < -0.39 is 0 Å². The summed E-state index contributed by atoms with van der Waals surface area (Å²) in [5.41, 5.74) is 6.90. The second-order valence-electron chi connectivity index (χ2n) is 3.40. The van der Waals surface area contributed by atoms with E-state index in [0.717, 1.165) is 0 Å². The zero-order valence-electron chi connectivity index (χ0n) is 8.59. The number of hydrogen-bond acceptors (Lipinski definition) is 5. The SMILES string of the molecule is Nc1c(-c2ncccn2)oc2c(Cl)nccc12. The summed E-state index contributed by atoms with van der Waals surface area (Å²) in [7, 11) is 0. The second kappa shape index (κ2) is 3.71. The molecule has 0 fully saturated rings. The summed E-state index contributed by atoms with van der Waals surface area (Å²) in [5, 5.41) is 0.990. The standard InChI is InChI=1S/C11H7ClN4O/c12-10-8-6(2-5-14-10)7(13)9(17-8)11-15-3-1-4-16-11/h1-5H,13H2. The van der Waals surface area contributed by atoms with Crippen LogP contribution in [0.15, 0.2) is 35.1 Å². The number of anilines is 1. The topological polar surface area (TPSA) is 77.8 Å². The second-order valence-corrected chi connectivity index (χ2v) is 3.75. The van der Waals surface area contributed by atoms with Gasteiger partial charge in [-0.3, -0.25) is 0 Å². The van der Waals surface area contributed by atoms with Crippen LogP contribution in [0.2, 0.25) is 5.15 Å². The van der Waals surface area contributed by atoms with Crippen LogP contribution in [0.4, 0.5) is 5.69 Å². The van der Waals surface area contributed by atoms with Gasteiger partial charge < -0.3 is 10.2 Å². The van der Waals surface area contributed by atoms with E-state index in [1.165, 1.54) is 0 Å². The largest absolute Gasteiger partial charge is 0.447 e. The van der Waals surface area contributed by atoms with Crippen LogP contribution in [-0.2, 0) is 0 Å². The van der Waals surface area contributed by atoms with Gasteiger partial charge in [0.1, 0.15) is 0 Å². The maximum atomic E-state index is 5.98. The highest BCUT2D eigenvalue weighted by atomic mass is 35.5. The molecule has 0 spiro atoms. The maximum Gasteiger partial charge on any atom is 0.197 e. The zero-order valence-corrected chi connectivity index (χ0v) is 9.35. The van der Waals surface area contributed by atoms with Crippen molar-refractivity contribution in [3.63, 3.8) is 0 Å². The number of hydrogen-bond donors (Lipinski definition) is 1. The van der Waals surface area contributed by atoms with Crippen LogP contribution in [0.3, 0.4) is 0 Å². The Morgan fingerprint density at radius 3 is 2.59 bits per heavy atom. The van der Waals surface area contributed by atoms with Gasteiger partial charge in [0.15, 0.2) is 22.3 Å². The third-order valence-corrected chi connectivity index (χ3v) is 2.64. The van der Waals surface area contributed by atoms with E-state index in [2.05, 4.69) is 15.0 Å². The fraction of sp³-hybridized carbons (Fsp3) is 0. The molecule has 0 amide bonds. The number of halogens is 1. The first-order valence-corrected chi connectivity index (χ1v) is 5.25. The Hall–Kier alpha value is -2.14. The predicted octanol–water partition coefficient (Wildman–Crippen LogP) is 2.52. The minimum atomic E-state index is 0.274. The van der Waals surface area contributed by atoms with Crippen molar-refractivity contribution in [2.75, 3.05) is 5.73 Å². The molecular weight excluding hydrogens is 240 g/mol. The van der Waals surface area contributed by atoms with Crippen molar-refractivity contribution in [3.05, 3.63) is 35.9 Å². The molecule has 0 saturated carbocycles. The summed E-state index contributed by atoms with van der Waals surface area (Å²) < 4.78 is 5.57. The number of aromatic nitrogens is 3. The summed E-state index contributed by atoms with van der Waals surface area (Å²) in [6.45, 7) is 0. The Labute approximate surface area is 101 Å². The average molecular weight is 247 g/mol. The zero-order chi connectivity index (χ0) is 11.8. The van der Waals surface area contributed by atoms with E-state index in [-0.39, 0.29) is 5.15 Å². The average Bonchev–Trinajstić information content (AvgIpc) is 2.70. The van der Waals surface area contributed by atoms with E-state index in [4.69, 9.17) is 21.8 Å². The van der Waals surface area contributed by atoms with Crippen molar-refractivity contribution >= 4 is 28.3 Å². The van der Waals surface area contributed by atoms with Gasteiger partial charge in [-0.2, -0.15) is 0 Å². The number of nitrogen functional groups attached to an aromatic ring is 1. The van der Waals surface area contributed by atoms with Crippen LogP contribution < -0.4 is 5.73 Å². The van der Waals surface area contributed by atoms with E-state index in [1.54, 1.807) is 30.7 Å². The van der Waals surface area contributed by atoms with Gasteiger partial charge in [0.25, 0.3) is 0 Å². The van der Waals surface area contributed by atoms with Gasteiger partial charge in [0, 0.05) is 24.0 Å². The van der Waals surface area contributed by atoms with Crippen LogP contribution in [0.1, 0.15) is 0 Å². The Balaban J connectivity index is 2.32. The number of fused-ring (bicyclic) bond motifs is 1. The summed E-state index contributed by atoms with van der Waals surface area (Å²) in [4.78, 5) is 12.1. The first-order chi connectivity index (χ1) is 8.27. The van der Waals surface area contributed by atoms with Crippen molar-refractivity contribution in [1.29, 1.82) is 0 Å². The van der Waals surface area contributed by atoms with Gasteiger partial charge in [-0.15, -0.1) is 0 Å². The number of furan rings is 1. The Morgan fingerprint density at radius 1 is 1.12 bits per heavy atom. The molecule has 0 aliphatic rings. The van der Waals surface area contributed by atoms with Gasteiger partial charge in [-0.25, -0.2) is 15.0 Å². The van der Waals surface area contributed by atoms with Gasteiger partial charge >= 0.3 is 0 Å². The Bertz CT molecular complexity index is 681. The lowest BCUT2D eigenvalue weighted by atomic mass is 10.2. The number of nitrogens with zero attached hydrogens (tertiary/aromatic N) is 3. The molecule has 0 saturated heterocycles. The van der Waals surface area contributed by atoms with E-state index in [0.29, 0.717) is 28.2 Å². The van der Waals surface area contributed by atoms with Crippen molar-refractivity contribution in [2.45, 2.75) is 0 Å². The van der Waals surface area contributed by atoms with Crippen molar-refractivity contribution < 1.29 is 4.42 Å². The molecule has 2 N–H and O–H groups in total. The molecule has 0 bridgehead atoms. The van der Waals surface area contributed by atoms with Gasteiger partial charge in [-0.1, -0.05) is 11.6 Å². The van der Waals surface area contributed by atoms with E-state index in [9.17, 15) is 0 Å². The Morgan fingerprint density at radius 2 is 1.88 bits per heavy atom. The predicted molar refractivity (Wildman–Crippen MR) is 64.5 cm³/mol. The fourth-order valence-corrected chi connectivity index (χ4v) is 1.79. The summed E-state index contributed by atoms with van der Waals surface area (Å²) in [5.74, 6) is 0.841. The number of pyridine rings is 1. The molecule has 0 aliphatic carbocycles. The van der Waals surface area contributed by atoms with E-state index in [1.807, 2.05) is 0 Å². The molecule has 17 heavy (non-hydrogen) atoms. The highest BCUT2D eigenvalue weighted by Crippen LogP contribution is 2.36.